The lowest BCUT2D eigenvalue weighted by Crippen LogP contribution is -2.31. The van der Waals surface area contributed by atoms with Crippen LogP contribution in [-0.4, -0.2) is 36.5 Å². The molecule has 6 nitrogen and oxygen atoms in total. The van der Waals surface area contributed by atoms with Crippen molar-refractivity contribution in [2.75, 3.05) is 25.5 Å². The first-order valence-electron chi connectivity index (χ1n) is 9.15. The van der Waals surface area contributed by atoms with Gasteiger partial charge in [0, 0.05) is 38.1 Å². The van der Waals surface area contributed by atoms with Crippen LogP contribution >= 0.6 is 0 Å². The molecule has 0 spiro atoms. The highest BCUT2D eigenvalue weighted by Gasteiger charge is 2.12. The first-order chi connectivity index (χ1) is 13.4. The average Bonchev–Trinajstić information content (AvgIpc) is 2.68. The van der Waals surface area contributed by atoms with Crippen molar-refractivity contribution in [1.29, 1.82) is 0 Å². The molecule has 0 atom stereocenters. The van der Waals surface area contributed by atoms with Crippen LogP contribution in [0.2, 0.25) is 0 Å². The minimum absolute atomic E-state index is 0.0128. The van der Waals surface area contributed by atoms with Gasteiger partial charge in [-0.15, -0.1) is 0 Å². The molecule has 3 aromatic rings. The summed E-state index contributed by atoms with van der Waals surface area (Å²) in [4.78, 5) is 33.6. The van der Waals surface area contributed by atoms with Crippen LogP contribution in [0, 0.1) is 6.92 Å². The van der Waals surface area contributed by atoms with Crippen molar-refractivity contribution in [1.82, 2.24) is 15.3 Å². The minimum Gasteiger partial charge on any atom is -0.378 e. The number of carbonyl (C=O) groups excluding carboxylic acids is 1. The van der Waals surface area contributed by atoms with Crippen molar-refractivity contribution < 1.29 is 4.79 Å². The zero-order valence-electron chi connectivity index (χ0n) is 16.3. The van der Waals surface area contributed by atoms with Crippen LogP contribution in [0.25, 0.3) is 11.4 Å². The first-order valence-corrected chi connectivity index (χ1v) is 9.15. The third kappa shape index (κ3) is 4.65. The van der Waals surface area contributed by atoms with Crippen LogP contribution < -0.4 is 15.8 Å². The number of hydrogen-bond acceptors (Lipinski definition) is 4. The number of carbonyl (C=O) groups is 1. The molecule has 0 saturated carbocycles. The molecule has 144 valence electrons. The molecule has 0 aliphatic heterocycles. The zero-order valence-corrected chi connectivity index (χ0v) is 16.3. The number of aryl methyl sites for hydroxylation is 1. The van der Waals surface area contributed by atoms with Gasteiger partial charge in [0.1, 0.15) is 11.4 Å². The Labute approximate surface area is 164 Å². The maximum atomic E-state index is 12.3. The number of aromatic amines is 1. The number of anilines is 1. The fraction of sp³-hybridized carbons (Fsp3) is 0.227. The highest BCUT2D eigenvalue weighted by molar-refractivity contribution is 5.93. The van der Waals surface area contributed by atoms with E-state index >= 15 is 0 Å². The smallest absolute Gasteiger partial charge is 0.264 e. The summed E-state index contributed by atoms with van der Waals surface area (Å²) in [6.07, 6.45) is 2.02. The third-order valence-corrected chi connectivity index (χ3v) is 4.52. The Balaban J connectivity index is 1.61. The molecule has 0 aliphatic rings. The van der Waals surface area contributed by atoms with Crippen molar-refractivity contribution in [3.63, 3.8) is 0 Å². The maximum Gasteiger partial charge on any atom is 0.264 e. The van der Waals surface area contributed by atoms with E-state index in [2.05, 4.69) is 15.3 Å². The molecule has 2 aromatic carbocycles. The van der Waals surface area contributed by atoms with Crippen molar-refractivity contribution >= 4 is 11.6 Å². The molecule has 0 saturated heterocycles. The Morgan fingerprint density at radius 1 is 1.07 bits per heavy atom. The molecule has 1 heterocycles. The molecular formula is C22H24N4O2. The summed E-state index contributed by atoms with van der Waals surface area (Å²) in [5.74, 6) is 0.0247. The largest absolute Gasteiger partial charge is 0.378 e. The molecule has 1 amide bonds. The number of benzene rings is 2. The first kappa shape index (κ1) is 19.4. The fourth-order valence-electron chi connectivity index (χ4n) is 2.79. The van der Waals surface area contributed by atoms with Gasteiger partial charge < -0.3 is 15.2 Å². The summed E-state index contributed by atoms with van der Waals surface area (Å²) < 4.78 is 0. The minimum atomic E-state index is -0.446. The lowest BCUT2D eigenvalue weighted by atomic mass is 10.1. The van der Waals surface area contributed by atoms with E-state index < -0.39 is 11.5 Å². The van der Waals surface area contributed by atoms with E-state index in [0.717, 1.165) is 22.4 Å². The van der Waals surface area contributed by atoms with Crippen LogP contribution in [0.5, 0.6) is 0 Å². The van der Waals surface area contributed by atoms with E-state index in [1.165, 1.54) is 6.20 Å². The van der Waals surface area contributed by atoms with Gasteiger partial charge in [-0.1, -0.05) is 42.0 Å². The predicted octanol–water partition coefficient (Wildman–Crippen LogP) is 2.78. The van der Waals surface area contributed by atoms with Crippen molar-refractivity contribution in [3.8, 4) is 11.4 Å². The van der Waals surface area contributed by atoms with E-state index in [1.807, 2.05) is 74.4 Å². The van der Waals surface area contributed by atoms with Crippen LogP contribution in [0.1, 0.15) is 21.5 Å². The number of rotatable bonds is 6. The summed E-state index contributed by atoms with van der Waals surface area (Å²) in [5.41, 5.74) is 3.73. The van der Waals surface area contributed by atoms with Crippen LogP contribution in [0.15, 0.2) is 59.5 Å². The van der Waals surface area contributed by atoms with Crippen LogP contribution in [0.3, 0.4) is 0 Å². The normalized spacial score (nSPS) is 10.5. The molecule has 1 aromatic heterocycles. The lowest BCUT2D eigenvalue weighted by molar-refractivity contribution is 0.0952. The standard InChI is InChI=1S/C22H24N4O2/c1-15-4-8-17(9-5-15)20-24-14-19(22(28)25-20)21(27)23-13-12-16-6-10-18(11-7-16)26(2)3/h4-11,14H,12-13H2,1-3H3,(H,23,27)(H,24,25,28). The predicted molar refractivity (Wildman–Crippen MR) is 112 cm³/mol. The second kappa shape index (κ2) is 8.52. The third-order valence-electron chi connectivity index (χ3n) is 4.52. The molecule has 0 bridgehead atoms. The highest BCUT2D eigenvalue weighted by atomic mass is 16.2. The molecule has 0 radical (unpaired) electrons. The molecular weight excluding hydrogens is 352 g/mol. The quantitative estimate of drug-likeness (QED) is 0.693. The fourth-order valence-corrected chi connectivity index (χ4v) is 2.79. The Morgan fingerprint density at radius 3 is 2.36 bits per heavy atom. The molecule has 2 N–H and O–H groups in total. The average molecular weight is 376 g/mol. The van der Waals surface area contributed by atoms with E-state index in [9.17, 15) is 9.59 Å². The zero-order chi connectivity index (χ0) is 20.1. The SMILES string of the molecule is Cc1ccc(-c2ncc(C(=O)NCCc3ccc(N(C)C)cc3)c(=O)[nH]2)cc1. The molecule has 6 heteroatoms. The van der Waals surface area contributed by atoms with Gasteiger partial charge in [0.25, 0.3) is 11.5 Å². The lowest BCUT2D eigenvalue weighted by Gasteiger charge is -2.12. The van der Waals surface area contributed by atoms with E-state index in [1.54, 1.807) is 0 Å². The number of nitrogens with zero attached hydrogens (tertiary/aromatic N) is 2. The van der Waals surface area contributed by atoms with Gasteiger partial charge in [0.15, 0.2) is 0 Å². The molecule has 0 fully saturated rings. The molecule has 0 unspecified atom stereocenters. The summed E-state index contributed by atoms with van der Waals surface area (Å²) in [6, 6.07) is 15.8. The van der Waals surface area contributed by atoms with Gasteiger partial charge in [0.05, 0.1) is 0 Å². The van der Waals surface area contributed by atoms with E-state index in [-0.39, 0.29) is 5.56 Å². The highest BCUT2D eigenvalue weighted by Crippen LogP contribution is 2.14. The van der Waals surface area contributed by atoms with Crippen LogP contribution in [-0.2, 0) is 6.42 Å². The van der Waals surface area contributed by atoms with Crippen LogP contribution in [0.4, 0.5) is 5.69 Å². The Bertz CT molecular complexity index is 1010. The summed E-state index contributed by atoms with van der Waals surface area (Å²) in [5, 5.41) is 2.78. The van der Waals surface area contributed by atoms with E-state index in [4.69, 9.17) is 0 Å². The van der Waals surface area contributed by atoms with Gasteiger partial charge in [-0.05, 0) is 31.0 Å². The maximum absolute atomic E-state index is 12.3. The number of nitrogens with one attached hydrogen (secondary N) is 2. The summed E-state index contributed by atoms with van der Waals surface area (Å²) in [6.45, 7) is 2.43. The van der Waals surface area contributed by atoms with Gasteiger partial charge in [-0.2, -0.15) is 0 Å². The number of aromatic nitrogens is 2. The van der Waals surface area contributed by atoms with Crippen molar-refractivity contribution in [2.45, 2.75) is 13.3 Å². The van der Waals surface area contributed by atoms with Crippen molar-refractivity contribution in [2.24, 2.45) is 0 Å². The Morgan fingerprint density at radius 2 is 1.75 bits per heavy atom. The Hall–Kier alpha value is -3.41. The van der Waals surface area contributed by atoms with Crippen molar-refractivity contribution in [3.05, 3.63) is 81.8 Å². The summed E-state index contributed by atoms with van der Waals surface area (Å²) >= 11 is 0. The second-order valence-corrected chi connectivity index (χ2v) is 6.91. The summed E-state index contributed by atoms with van der Waals surface area (Å²) in [7, 11) is 3.98. The number of H-pyrrole nitrogens is 1. The van der Waals surface area contributed by atoms with Gasteiger partial charge >= 0.3 is 0 Å². The molecule has 3 rings (SSSR count). The monoisotopic (exact) mass is 376 g/mol. The Kier molecular flexibility index (Phi) is 5.89. The van der Waals surface area contributed by atoms with Gasteiger partial charge in [0.2, 0.25) is 0 Å². The van der Waals surface area contributed by atoms with E-state index in [0.29, 0.717) is 18.8 Å². The van der Waals surface area contributed by atoms with Gasteiger partial charge in [-0.3, -0.25) is 9.59 Å². The number of hydrogen-bond donors (Lipinski definition) is 2. The second-order valence-electron chi connectivity index (χ2n) is 6.91. The topological polar surface area (TPSA) is 78.1 Å². The molecule has 28 heavy (non-hydrogen) atoms. The number of amides is 1. The molecule has 0 aliphatic carbocycles. The van der Waals surface area contributed by atoms with Gasteiger partial charge in [-0.25, -0.2) is 4.98 Å².